The van der Waals surface area contributed by atoms with Gasteiger partial charge in [-0.25, -0.2) is 0 Å². The molecule has 2 N–H and O–H groups in total. The molecule has 0 heterocycles. The molecule has 2 aliphatic rings. The number of carbonyl (C=O) groups is 3. The lowest BCUT2D eigenvalue weighted by Gasteiger charge is -2.27. The number of hydrogen-bond acceptors (Lipinski definition) is 4. The molecule has 0 unspecified atom stereocenters. The maximum Gasteiger partial charge on any atom is 0.270 e. The second-order valence-corrected chi connectivity index (χ2v) is 6.60. The minimum atomic E-state index is -1.22. The van der Waals surface area contributed by atoms with Gasteiger partial charge in [0.1, 0.15) is 0 Å². The molecule has 6 nitrogen and oxygen atoms in total. The molecule has 0 spiro atoms. The highest BCUT2D eigenvalue weighted by Gasteiger charge is 2.48. The van der Waals surface area contributed by atoms with Crippen LogP contribution in [0.1, 0.15) is 16.8 Å². The molecule has 1 fully saturated rings. The Morgan fingerprint density at radius 1 is 1.04 bits per heavy atom. The third-order valence-corrected chi connectivity index (χ3v) is 5.14. The van der Waals surface area contributed by atoms with E-state index >= 15 is 0 Å². The van der Waals surface area contributed by atoms with Gasteiger partial charge < -0.3 is 9.90 Å². The smallest absolute Gasteiger partial charge is 0.270 e. The van der Waals surface area contributed by atoms with Crippen molar-refractivity contribution >= 4 is 33.7 Å². The van der Waals surface area contributed by atoms with Gasteiger partial charge in [0.2, 0.25) is 5.91 Å². The number of carbonyl (C=O) groups excluding carboxylic acids is 3. The first kappa shape index (κ1) is 15.7. The van der Waals surface area contributed by atoms with Crippen molar-refractivity contribution in [3.05, 3.63) is 46.5 Å². The van der Waals surface area contributed by atoms with Gasteiger partial charge in [0.05, 0.1) is 11.5 Å². The number of halogens is 1. The van der Waals surface area contributed by atoms with Gasteiger partial charge in [-0.3, -0.25) is 20.4 Å². The molecular formula is C16H14BrN2O4-. The molecule has 120 valence electrons. The molecule has 1 aromatic carbocycles. The fraction of sp³-hybridized carbons (Fsp3) is 0.312. The number of rotatable bonds is 3. The van der Waals surface area contributed by atoms with Crippen molar-refractivity contribution in [1.29, 1.82) is 0 Å². The van der Waals surface area contributed by atoms with E-state index in [2.05, 4.69) is 26.8 Å². The average Bonchev–Trinajstić information content (AvgIpc) is 3.13. The molecule has 2 aliphatic carbocycles. The van der Waals surface area contributed by atoms with E-state index in [1.165, 1.54) is 0 Å². The summed E-state index contributed by atoms with van der Waals surface area (Å²) < 4.78 is 0.599. The summed E-state index contributed by atoms with van der Waals surface area (Å²) in [5, 5.41) is 11.3. The summed E-state index contributed by atoms with van der Waals surface area (Å²) in [5.74, 6) is -4.05. The highest BCUT2D eigenvalue weighted by Crippen LogP contribution is 2.47. The molecule has 4 atom stereocenters. The molecule has 0 radical (unpaired) electrons. The van der Waals surface area contributed by atoms with Crippen LogP contribution in [0.25, 0.3) is 0 Å². The number of aliphatic carboxylic acids is 1. The van der Waals surface area contributed by atoms with E-state index in [0.717, 1.165) is 0 Å². The fourth-order valence-electron chi connectivity index (χ4n) is 3.42. The van der Waals surface area contributed by atoms with E-state index in [0.29, 0.717) is 16.5 Å². The summed E-state index contributed by atoms with van der Waals surface area (Å²) in [4.78, 5) is 35.7. The number of hydrazine groups is 1. The molecule has 7 heteroatoms. The molecule has 2 bridgehead atoms. The van der Waals surface area contributed by atoms with Gasteiger partial charge >= 0.3 is 0 Å². The van der Waals surface area contributed by atoms with Crippen LogP contribution in [0.3, 0.4) is 0 Å². The number of carboxylic acid groups (broad SMARTS) is 1. The second kappa shape index (κ2) is 6.16. The number of amides is 2. The first-order valence-electron chi connectivity index (χ1n) is 7.23. The number of fused-ring (bicyclic) bond motifs is 2. The van der Waals surface area contributed by atoms with Crippen LogP contribution < -0.4 is 16.0 Å². The number of nitrogens with one attached hydrogen (secondary N) is 2. The van der Waals surface area contributed by atoms with Crippen LogP contribution in [0.2, 0.25) is 0 Å². The molecule has 0 saturated heterocycles. The van der Waals surface area contributed by atoms with Crippen molar-refractivity contribution in [3.8, 4) is 0 Å². The summed E-state index contributed by atoms with van der Waals surface area (Å²) in [5.41, 5.74) is 5.04. The lowest BCUT2D eigenvalue weighted by molar-refractivity contribution is -0.313. The maximum absolute atomic E-state index is 12.3. The topological polar surface area (TPSA) is 98.3 Å². The van der Waals surface area contributed by atoms with E-state index < -0.39 is 29.6 Å². The van der Waals surface area contributed by atoms with Gasteiger partial charge in [-0.15, -0.1) is 0 Å². The Labute approximate surface area is 141 Å². The molecule has 1 aromatic rings. The van der Waals surface area contributed by atoms with Crippen molar-refractivity contribution < 1.29 is 19.5 Å². The number of allylic oxidation sites excluding steroid dienone is 2. The highest BCUT2D eigenvalue weighted by molar-refractivity contribution is 9.10. The van der Waals surface area contributed by atoms with Gasteiger partial charge in [-0.1, -0.05) is 24.3 Å². The quantitative estimate of drug-likeness (QED) is 0.588. The normalized spacial score (nSPS) is 27.7. The SMILES string of the molecule is O=C(NNC(=O)[C@H]1[C@H](C(=O)[O-])[C@@H]2C=C[C@H]1C2)c1ccccc1Br. The number of carboxylic acids is 1. The van der Waals surface area contributed by atoms with Crippen molar-refractivity contribution in [2.24, 2.45) is 23.7 Å². The third-order valence-electron chi connectivity index (χ3n) is 4.45. The first-order chi connectivity index (χ1) is 11.0. The lowest BCUT2D eigenvalue weighted by Crippen LogP contribution is -2.50. The van der Waals surface area contributed by atoms with Gasteiger partial charge in [-0.05, 0) is 46.3 Å². The summed E-state index contributed by atoms with van der Waals surface area (Å²) in [7, 11) is 0. The zero-order valence-corrected chi connectivity index (χ0v) is 13.6. The molecule has 3 rings (SSSR count). The standard InChI is InChI=1S/C16H15BrN2O4/c17-11-4-2-1-3-10(11)14(20)18-19-15(21)12-8-5-6-9(7-8)13(12)16(22)23/h1-6,8-9,12-13H,7H2,(H,18,20)(H,19,21)(H,22,23)/p-1/t8-,9+,12+,13+/m0/s1. The monoisotopic (exact) mass is 377 g/mol. The van der Waals surface area contributed by atoms with Crippen molar-refractivity contribution in [1.82, 2.24) is 10.9 Å². The first-order valence-corrected chi connectivity index (χ1v) is 8.02. The Morgan fingerprint density at radius 2 is 1.70 bits per heavy atom. The van der Waals surface area contributed by atoms with Crippen LogP contribution in [-0.2, 0) is 9.59 Å². The zero-order valence-electron chi connectivity index (χ0n) is 12.0. The third kappa shape index (κ3) is 2.88. The molecule has 2 amide bonds. The van der Waals surface area contributed by atoms with Gasteiger partial charge in [0.15, 0.2) is 0 Å². The van der Waals surface area contributed by atoms with Gasteiger partial charge in [0.25, 0.3) is 5.91 Å². The van der Waals surface area contributed by atoms with Crippen molar-refractivity contribution in [3.63, 3.8) is 0 Å². The van der Waals surface area contributed by atoms with Crippen LogP contribution in [0.4, 0.5) is 0 Å². The number of benzene rings is 1. The Hall–Kier alpha value is -2.15. The minimum Gasteiger partial charge on any atom is -0.550 e. The van der Waals surface area contributed by atoms with E-state index in [9.17, 15) is 19.5 Å². The maximum atomic E-state index is 12.3. The van der Waals surface area contributed by atoms with Crippen LogP contribution in [0.5, 0.6) is 0 Å². The summed E-state index contributed by atoms with van der Waals surface area (Å²) in [6.45, 7) is 0. The predicted octanol–water partition coefficient (Wildman–Crippen LogP) is 0.398. The number of hydrogen-bond donors (Lipinski definition) is 2. The molecular weight excluding hydrogens is 364 g/mol. The zero-order chi connectivity index (χ0) is 16.6. The van der Waals surface area contributed by atoms with Crippen molar-refractivity contribution in [2.75, 3.05) is 0 Å². The molecule has 0 aromatic heterocycles. The van der Waals surface area contributed by atoms with E-state index in [4.69, 9.17) is 0 Å². The van der Waals surface area contributed by atoms with Crippen LogP contribution in [-0.4, -0.2) is 17.8 Å². The van der Waals surface area contributed by atoms with Crippen molar-refractivity contribution in [2.45, 2.75) is 6.42 Å². The molecule has 23 heavy (non-hydrogen) atoms. The molecule has 0 aliphatic heterocycles. The Balaban J connectivity index is 1.66. The van der Waals surface area contributed by atoms with E-state index in [1.54, 1.807) is 24.3 Å². The second-order valence-electron chi connectivity index (χ2n) is 5.74. The minimum absolute atomic E-state index is 0.122. The van der Waals surface area contributed by atoms with Crippen LogP contribution in [0.15, 0.2) is 40.9 Å². The Kier molecular flexibility index (Phi) is 4.21. The fourth-order valence-corrected chi connectivity index (χ4v) is 3.88. The van der Waals surface area contributed by atoms with Gasteiger partial charge in [0, 0.05) is 16.4 Å². The van der Waals surface area contributed by atoms with Crippen LogP contribution >= 0.6 is 15.9 Å². The van der Waals surface area contributed by atoms with E-state index in [-0.39, 0.29) is 11.8 Å². The lowest BCUT2D eigenvalue weighted by atomic mass is 9.82. The average molecular weight is 378 g/mol. The highest BCUT2D eigenvalue weighted by atomic mass is 79.9. The summed E-state index contributed by atoms with van der Waals surface area (Å²) in [6, 6.07) is 6.79. The summed E-state index contributed by atoms with van der Waals surface area (Å²) >= 11 is 3.26. The predicted molar refractivity (Wildman–Crippen MR) is 82.5 cm³/mol. The largest absolute Gasteiger partial charge is 0.550 e. The van der Waals surface area contributed by atoms with Gasteiger partial charge in [-0.2, -0.15) is 0 Å². The Morgan fingerprint density at radius 3 is 2.35 bits per heavy atom. The Bertz CT molecular complexity index is 703. The van der Waals surface area contributed by atoms with Crippen LogP contribution in [0, 0.1) is 23.7 Å². The van der Waals surface area contributed by atoms with E-state index in [1.807, 2.05) is 12.2 Å². The molecule has 1 saturated carbocycles. The summed E-state index contributed by atoms with van der Waals surface area (Å²) in [6.07, 6.45) is 4.33.